The van der Waals surface area contributed by atoms with Crippen molar-refractivity contribution in [3.8, 4) is 0 Å². The fraction of sp³-hybridized carbons (Fsp3) is 0.583. The molecule has 1 heterocycles. The number of nitrogens with two attached hydrogens (primary N) is 1. The molecule has 2 N–H and O–H groups in total. The van der Waals surface area contributed by atoms with E-state index in [9.17, 15) is 4.79 Å². The van der Waals surface area contributed by atoms with Gasteiger partial charge >= 0.3 is 5.97 Å². The molecule has 0 radical (unpaired) electrons. The van der Waals surface area contributed by atoms with Gasteiger partial charge < -0.3 is 14.9 Å². The summed E-state index contributed by atoms with van der Waals surface area (Å²) in [7, 11) is 3.34. The van der Waals surface area contributed by atoms with E-state index in [0.29, 0.717) is 13.1 Å². The molecule has 5 nitrogen and oxygen atoms in total. The van der Waals surface area contributed by atoms with Crippen molar-refractivity contribution >= 4 is 5.97 Å². The number of carbonyl (C=O) groups is 1. The molecule has 0 fully saturated rings. The van der Waals surface area contributed by atoms with Crippen LogP contribution in [-0.2, 0) is 11.3 Å². The molecular weight excluding hydrogens is 220 g/mol. The molecule has 0 spiro atoms. The van der Waals surface area contributed by atoms with Crippen molar-refractivity contribution in [1.29, 1.82) is 0 Å². The first-order valence-corrected chi connectivity index (χ1v) is 5.64. The standard InChI is InChI=1S/C12H20N2O3/c1-9-7-10(8-14(2)6-4-5-13)17-11(9)12(15)16-3/h7H,4-6,8,13H2,1-3H3. The molecule has 0 aliphatic carbocycles. The van der Waals surface area contributed by atoms with Gasteiger partial charge in [0.25, 0.3) is 0 Å². The smallest absolute Gasteiger partial charge is 0.374 e. The maximum absolute atomic E-state index is 11.4. The maximum atomic E-state index is 11.4. The Morgan fingerprint density at radius 1 is 1.59 bits per heavy atom. The lowest BCUT2D eigenvalue weighted by molar-refractivity contribution is 0.0560. The van der Waals surface area contributed by atoms with Gasteiger partial charge in [-0.25, -0.2) is 4.79 Å². The molecule has 1 aromatic rings. The molecule has 1 rings (SSSR count). The van der Waals surface area contributed by atoms with Crippen LogP contribution >= 0.6 is 0 Å². The van der Waals surface area contributed by atoms with Crippen molar-refractivity contribution in [2.24, 2.45) is 5.73 Å². The molecular formula is C12H20N2O3. The summed E-state index contributed by atoms with van der Waals surface area (Å²) in [5, 5.41) is 0. The number of hydrogen-bond acceptors (Lipinski definition) is 5. The first-order valence-electron chi connectivity index (χ1n) is 5.64. The van der Waals surface area contributed by atoms with E-state index in [1.165, 1.54) is 7.11 Å². The van der Waals surface area contributed by atoms with Crippen LogP contribution in [0.1, 0.15) is 28.3 Å². The van der Waals surface area contributed by atoms with Crippen molar-refractivity contribution in [3.05, 3.63) is 23.2 Å². The predicted molar refractivity (Wildman–Crippen MR) is 64.8 cm³/mol. The molecule has 0 aliphatic rings. The Kier molecular flexibility index (Phi) is 5.18. The number of ether oxygens (including phenoxy) is 1. The zero-order valence-corrected chi connectivity index (χ0v) is 10.7. The third-order valence-electron chi connectivity index (χ3n) is 2.51. The van der Waals surface area contributed by atoms with Crippen LogP contribution in [0.25, 0.3) is 0 Å². The highest BCUT2D eigenvalue weighted by atomic mass is 16.5. The maximum Gasteiger partial charge on any atom is 0.374 e. The predicted octanol–water partition coefficient (Wildman–Crippen LogP) is 1.16. The van der Waals surface area contributed by atoms with Crippen LogP contribution in [0.15, 0.2) is 10.5 Å². The molecule has 1 aromatic heterocycles. The van der Waals surface area contributed by atoms with E-state index in [4.69, 9.17) is 10.2 Å². The fourth-order valence-electron chi connectivity index (χ4n) is 1.63. The molecule has 0 saturated carbocycles. The number of nitrogens with zero attached hydrogens (tertiary/aromatic N) is 1. The van der Waals surface area contributed by atoms with Gasteiger partial charge in [0.2, 0.25) is 5.76 Å². The first kappa shape index (κ1) is 13.7. The molecule has 0 aliphatic heterocycles. The van der Waals surface area contributed by atoms with Crippen molar-refractivity contribution in [1.82, 2.24) is 4.90 Å². The lowest BCUT2D eigenvalue weighted by Gasteiger charge is -2.13. The van der Waals surface area contributed by atoms with E-state index < -0.39 is 5.97 Å². The van der Waals surface area contributed by atoms with Crippen LogP contribution in [-0.4, -0.2) is 38.1 Å². The molecule has 96 valence electrons. The van der Waals surface area contributed by atoms with Gasteiger partial charge in [-0.05, 0) is 39.5 Å². The topological polar surface area (TPSA) is 68.7 Å². The van der Waals surface area contributed by atoms with Crippen LogP contribution in [0.4, 0.5) is 0 Å². The summed E-state index contributed by atoms with van der Waals surface area (Å²) in [4.78, 5) is 13.5. The number of aryl methyl sites for hydroxylation is 1. The third kappa shape index (κ3) is 3.87. The third-order valence-corrected chi connectivity index (χ3v) is 2.51. The van der Waals surface area contributed by atoms with Gasteiger partial charge in [-0.2, -0.15) is 0 Å². The molecule has 0 saturated heterocycles. The highest BCUT2D eigenvalue weighted by Crippen LogP contribution is 2.16. The van der Waals surface area contributed by atoms with Crippen molar-refractivity contribution < 1.29 is 13.9 Å². The normalized spacial score (nSPS) is 10.9. The molecule has 0 amide bonds. The highest BCUT2D eigenvalue weighted by molar-refractivity contribution is 5.87. The second-order valence-electron chi connectivity index (χ2n) is 4.10. The van der Waals surface area contributed by atoms with Crippen LogP contribution in [0.2, 0.25) is 0 Å². The molecule has 0 aromatic carbocycles. The zero-order valence-electron chi connectivity index (χ0n) is 10.7. The average molecular weight is 240 g/mol. The Morgan fingerprint density at radius 2 is 2.29 bits per heavy atom. The van der Waals surface area contributed by atoms with E-state index in [2.05, 4.69) is 9.64 Å². The van der Waals surface area contributed by atoms with Gasteiger partial charge in [0.1, 0.15) is 5.76 Å². The average Bonchev–Trinajstić information content (AvgIpc) is 2.66. The second kappa shape index (κ2) is 6.42. The summed E-state index contributed by atoms with van der Waals surface area (Å²) in [6.07, 6.45) is 0.944. The number of carbonyl (C=O) groups excluding carboxylic acids is 1. The van der Waals surface area contributed by atoms with E-state index >= 15 is 0 Å². The lowest BCUT2D eigenvalue weighted by Crippen LogP contribution is -2.21. The van der Waals surface area contributed by atoms with Gasteiger partial charge in [0, 0.05) is 5.56 Å². The molecule has 0 bridgehead atoms. The van der Waals surface area contributed by atoms with Gasteiger partial charge in [0.15, 0.2) is 0 Å². The Hall–Kier alpha value is -1.33. The summed E-state index contributed by atoms with van der Waals surface area (Å²) in [5.74, 6) is 0.621. The van der Waals surface area contributed by atoms with Gasteiger partial charge in [-0.3, -0.25) is 4.90 Å². The molecule has 17 heavy (non-hydrogen) atoms. The van der Waals surface area contributed by atoms with E-state index in [1.807, 2.05) is 20.0 Å². The number of rotatable bonds is 6. The quantitative estimate of drug-likeness (QED) is 0.755. The van der Waals surface area contributed by atoms with Gasteiger partial charge in [-0.15, -0.1) is 0 Å². The van der Waals surface area contributed by atoms with Crippen molar-refractivity contribution in [3.63, 3.8) is 0 Å². The summed E-state index contributed by atoms with van der Waals surface area (Å²) in [6.45, 7) is 4.08. The largest absolute Gasteiger partial charge is 0.463 e. The van der Waals surface area contributed by atoms with E-state index in [1.54, 1.807) is 0 Å². The number of hydrogen-bond donors (Lipinski definition) is 1. The lowest BCUT2D eigenvalue weighted by atomic mass is 10.2. The van der Waals surface area contributed by atoms with Crippen LogP contribution in [0.3, 0.4) is 0 Å². The minimum atomic E-state index is -0.432. The van der Waals surface area contributed by atoms with Gasteiger partial charge in [-0.1, -0.05) is 0 Å². The number of esters is 1. The SMILES string of the molecule is COC(=O)c1oc(CN(C)CCCN)cc1C. The first-order chi connectivity index (χ1) is 8.08. The van der Waals surface area contributed by atoms with E-state index in [0.717, 1.165) is 24.3 Å². The van der Waals surface area contributed by atoms with Crippen LogP contribution in [0, 0.1) is 6.92 Å². The van der Waals surface area contributed by atoms with Crippen LogP contribution < -0.4 is 5.73 Å². The summed E-state index contributed by atoms with van der Waals surface area (Å²) in [5.41, 5.74) is 6.25. The monoisotopic (exact) mass is 240 g/mol. The van der Waals surface area contributed by atoms with E-state index in [-0.39, 0.29) is 5.76 Å². The fourth-order valence-corrected chi connectivity index (χ4v) is 1.63. The summed E-state index contributed by atoms with van der Waals surface area (Å²) in [6, 6.07) is 1.87. The molecule has 0 atom stereocenters. The van der Waals surface area contributed by atoms with Gasteiger partial charge in [0.05, 0.1) is 13.7 Å². The van der Waals surface area contributed by atoms with Crippen molar-refractivity contribution in [2.75, 3.05) is 27.2 Å². The minimum Gasteiger partial charge on any atom is -0.463 e. The minimum absolute atomic E-state index is 0.287. The summed E-state index contributed by atoms with van der Waals surface area (Å²) < 4.78 is 10.1. The Labute approximate surface area is 102 Å². The zero-order chi connectivity index (χ0) is 12.8. The molecule has 5 heteroatoms. The number of methoxy groups -OCH3 is 1. The molecule has 0 unspecified atom stereocenters. The van der Waals surface area contributed by atoms with Crippen molar-refractivity contribution in [2.45, 2.75) is 19.9 Å². The summed E-state index contributed by atoms with van der Waals surface area (Å²) >= 11 is 0. The number of furan rings is 1. The Morgan fingerprint density at radius 3 is 2.88 bits per heavy atom. The Balaban J connectivity index is 2.63. The Bertz CT molecular complexity index is 374. The highest BCUT2D eigenvalue weighted by Gasteiger charge is 2.16. The van der Waals surface area contributed by atoms with Crippen LogP contribution in [0.5, 0.6) is 0 Å². The second-order valence-corrected chi connectivity index (χ2v) is 4.10.